The number of ether oxygens (including phenoxy) is 2. The number of unbranched alkanes of at least 4 members (excludes halogenated alkanes) is 2. The number of carbonyl (C=O) groups excluding carboxylic acids is 3. The number of benzene rings is 4. The Kier molecular flexibility index (Phi) is 35.7. The maximum atomic E-state index is 14.1. The molecule has 528 valence electrons. The van der Waals surface area contributed by atoms with Crippen molar-refractivity contribution in [3.05, 3.63) is 165 Å². The van der Waals surface area contributed by atoms with Crippen LogP contribution in [0.5, 0.6) is 0 Å². The summed E-state index contributed by atoms with van der Waals surface area (Å²) in [7, 11) is -16.6. The fourth-order valence-corrected chi connectivity index (χ4v) is 14.6. The van der Waals surface area contributed by atoms with Crippen molar-refractivity contribution >= 4 is 99.6 Å². The Balaban J connectivity index is 0.000000448. The molecule has 0 aliphatic rings. The Hall–Kier alpha value is -6.55. The molecule has 25 nitrogen and oxygen atoms in total. The van der Waals surface area contributed by atoms with Crippen molar-refractivity contribution in [2.24, 2.45) is 5.73 Å². The number of carboxylic acids is 1. The van der Waals surface area contributed by atoms with Crippen LogP contribution < -0.4 is 21.7 Å². The number of halogens is 3. The Morgan fingerprint density at radius 2 is 0.917 bits per heavy atom. The van der Waals surface area contributed by atoms with E-state index in [0.717, 1.165) is 44.5 Å². The van der Waals surface area contributed by atoms with Gasteiger partial charge in [0.2, 0.25) is 37.8 Å². The molecule has 0 saturated heterocycles. The van der Waals surface area contributed by atoms with Gasteiger partial charge < -0.3 is 36.3 Å². The van der Waals surface area contributed by atoms with Crippen molar-refractivity contribution in [1.29, 1.82) is 0 Å². The van der Waals surface area contributed by atoms with Gasteiger partial charge in [-0.1, -0.05) is 71.7 Å². The van der Waals surface area contributed by atoms with Gasteiger partial charge in [0.15, 0.2) is 11.5 Å². The molecule has 0 aliphatic heterocycles. The van der Waals surface area contributed by atoms with Crippen LogP contribution in [0, 0.1) is 27.7 Å². The van der Waals surface area contributed by atoms with Crippen LogP contribution in [0.2, 0.25) is 10.0 Å². The molecule has 0 aliphatic carbocycles. The van der Waals surface area contributed by atoms with E-state index in [-0.39, 0.29) is 79.8 Å². The minimum Gasteiger partial charge on any atom is -0.480 e. The Bertz CT molecular complexity index is 4010. The molecule has 96 heavy (non-hydrogen) atoms. The smallest absolute Gasteiger partial charge is 0.321 e. The monoisotopic (exact) mass is 1470 g/mol. The molecule has 6 aromatic rings. The number of rotatable bonds is 35. The average molecular weight is 1470 g/mol. The summed E-state index contributed by atoms with van der Waals surface area (Å²) in [6, 6.07) is 28.4. The molecule has 0 fully saturated rings. The van der Waals surface area contributed by atoms with E-state index in [0.29, 0.717) is 79.6 Å². The van der Waals surface area contributed by atoms with E-state index in [9.17, 15) is 52.8 Å². The normalized spacial score (nSPS) is 12.3. The van der Waals surface area contributed by atoms with Crippen LogP contribution in [0.15, 0.2) is 132 Å². The van der Waals surface area contributed by atoms with Crippen molar-refractivity contribution in [3.63, 3.8) is 0 Å². The second kappa shape index (κ2) is 41.0. The van der Waals surface area contributed by atoms with Gasteiger partial charge in [-0.3, -0.25) is 38.3 Å². The Labute approximate surface area is 579 Å². The number of nitrogens with two attached hydrogens (primary N) is 1. The molecule has 0 unspecified atom stereocenters. The molecule has 3 amide bonds. The number of nitrogens with zero attached hydrogens (tertiary/aromatic N) is 4. The van der Waals surface area contributed by atoms with E-state index in [1.807, 2.05) is 94.6 Å². The molecule has 2 aromatic heterocycles. The molecule has 32 heteroatoms. The third kappa shape index (κ3) is 28.1. The largest absolute Gasteiger partial charge is 0.480 e. The predicted octanol–water partition coefficient (Wildman–Crippen LogP) is 8.49. The highest BCUT2D eigenvalue weighted by Gasteiger charge is 2.33. The first-order valence-electron chi connectivity index (χ1n) is 30.1. The number of amides is 3. The number of carboxylic acid groups (broad SMARTS) is 1. The summed E-state index contributed by atoms with van der Waals surface area (Å²) in [5, 5.41) is 16.3. The minimum absolute atomic E-state index is 0. The maximum Gasteiger partial charge on any atom is 0.321 e. The first-order chi connectivity index (χ1) is 44.8. The molecule has 0 saturated carbocycles. The zero-order valence-corrected chi connectivity index (χ0v) is 59.7. The van der Waals surface area contributed by atoms with Crippen molar-refractivity contribution in [3.8, 4) is 22.3 Å². The summed E-state index contributed by atoms with van der Waals surface area (Å²) in [6.45, 7) is 13.8. The zero-order chi connectivity index (χ0) is 70.5. The number of aromatic nitrogens is 2. The molecule has 2 atom stereocenters. The van der Waals surface area contributed by atoms with Gasteiger partial charge in [-0.2, -0.15) is 25.4 Å². The molecule has 0 bridgehead atoms. The van der Waals surface area contributed by atoms with Gasteiger partial charge in [0.25, 0.3) is 20.2 Å². The van der Waals surface area contributed by atoms with Crippen LogP contribution in [0.4, 0.5) is 0 Å². The minimum atomic E-state index is -4.39. The number of pyridine rings is 2. The lowest BCUT2D eigenvalue weighted by molar-refractivity contribution is -0.134. The molecule has 8 N–H and O–H groups in total. The SMILES string of the molecule is Cc1cnccc1-c1cccc([C@H](C)N(CCCCC(=O)NCCOCCN)S(=O)(=O)c2cccc(Cl)c2C)c1.Cc1cnccc1-c1cccc([C@H](C)N(CCCCC(=O)NCCOCCNC(=O)CS(=O)(=O)O)S(=O)(=O)c2cccc(Cl)c2C)c1.Cl.O=C(O)CS(=O)(=O)O. The summed E-state index contributed by atoms with van der Waals surface area (Å²) >= 11 is 12.6. The van der Waals surface area contributed by atoms with E-state index in [1.54, 1.807) is 68.8 Å². The van der Waals surface area contributed by atoms with Crippen LogP contribution in [-0.2, 0) is 68.9 Å². The lowest BCUT2D eigenvalue weighted by Gasteiger charge is -2.30. The number of hydrogen-bond donors (Lipinski definition) is 7. The fraction of sp³-hybridized carbons (Fsp3) is 0.406. The van der Waals surface area contributed by atoms with Gasteiger partial charge in [0.1, 0.15) is 0 Å². The lowest BCUT2D eigenvalue weighted by Crippen LogP contribution is -2.35. The highest BCUT2D eigenvalue weighted by molar-refractivity contribution is 7.89. The third-order valence-electron chi connectivity index (χ3n) is 14.5. The molecule has 0 spiro atoms. The second-order valence-electron chi connectivity index (χ2n) is 21.8. The maximum absolute atomic E-state index is 14.1. The van der Waals surface area contributed by atoms with Crippen molar-refractivity contribution in [2.45, 2.75) is 102 Å². The molecule has 6 rings (SSSR count). The molecule has 0 radical (unpaired) electrons. The summed E-state index contributed by atoms with van der Waals surface area (Å²) < 4.78 is 127. The lowest BCUT2D eigenvalue weighted by atomic mass is 9.98. The third-order valence-corrected chi connectivity index (χ3v) is 20.8. The highest BCUT2D eigenvalue weighted by atomic mass is 35.5. The first-order valence-corrected chi connectivity index (χ1v) is 37.0. The summed E-state index contributed by atoms with van der Waals surface area (Å²) in [6.07, 6.45) is 9.48. The zero-order valence-electron chi connectivity index (χ0n) is 54.2. The topological polar surface area (TPSA) is 378 Å². The summed E-state index contributed by atoms with van der Waals surface area (Å²) in [5.41, 5.74) is 14.1. The molecular formula is C64H85Cl3N8O17S4. The van der Waals surface area contributed by atoms with Crippen LogP contribution >= 0.6 is 35.6 Å². The molecule has 4 aromatic carbocycles. The predicted molar refractivity (Wildman–Crippen MR) is 371 cm³/mol. The van der Waals surface area contributed by atoms with E-state index >= 15 is 0 Å². The van der Waals surface area contributed by atoms with Crippen molar-refractivity contribution < 1.29 is 76.5 Å². The number of aryl methyl sites for hydroxylation is 2. The number of carbonyl (C=O) groups is 4. The first kappa shape index (κ1) is 83.7. The quantitative estimate of drug-likeness (QED) is 0.0145. The fourth-order valence-electron chi connectivity index (χ4n) is 9.62. The van der Waals surface area contributed by atoms with E-state index < -0.39 is 75.7 Å². The van der Waals surface area contributed by atoms with Crippen LogP contribution in [-0.4, -0.2) is 167 Å². The number of aliphatic carboxylic acids is 1. The second-order valence-corrected chi connectivity index (χ2v) is 29.2. The molecule has 2 heterocycles. The standard InChI is InChI=1S/C32H41ClN4O8S2.C30H39ClN4O4S.C2H4O5S.ClH/c1-23-21-34-14-13-28(23)27-9-6-8-26(20-27)25(3)37(47(43,44)30-11-7-10-29(33)24(30)2)17-5-4-12-31(38)35-15-18-45-19-16-36-32(39)22-46(40,41)42;1-22-21-33-15-13-27(22)26-9-6-8-25(20-26)24(3)35(40(37,38)29-11-7-10-28(31)23(29)2)17-5-4-12-30(36)34-16-19-39-18-14-32;3-2(4)1-8(5,6)7;/h6-11,13-14,20-21,25H,4-5,12,15-19,22H2,1-3H3,(H,35,38)(H,36,39)(H,40,41,42);6-11,13,15,20-21,24H,4-5,12,14,16-19,32H2,1-3H3,(H,34,36);1H2,(H,3,4)(H,5,6,7);1H/t25-;24-;;/m00../s1. The number of nitrogens with one attached hydrogen (secondary N) is 3. The number of hydrogen-bond acceptors (Lipinski definition) is 17. The van der Waals surface area contributed by atoms with Crippen LogP contribution in [0.25, 0.3) is 22.3 Å². The summed E-state index contributed by atoms with van der Waals surface area (Å²) in [4.78, 5) is 54.1. The summed E-state index contributed by atoms with van der Waals surface area (Å²) in [5.74, 6) is -4.97. The van der Waals surface area contributed by atoms with Gasteiger partial charge in [0.05, 0.1) is 36.2 Å². The van der Waals surface area contributed by atoms with Crippen LogP contribution in [0.3, 0.4) is 0 Å². The van der Waals surface area contributed by atoms with E-state index in [4.69, 9.17) is 52.6 Å². The van der Waals surface area contributed by atoms with Crippen LogP contribution in [0.1, 0.15) is 97.8 Å². The average Bonchev–Trinajstić information content (AvgIpc) is 0.823. The van der Waals surface area contributed by atoms with Crippen molar-refractivity contribution in [2.75, 3.05) is 77.2 Å². The highest BCUT2D eigenvalue weighted by Crippen LogP contribution is 2.36. The van der Waals surface area contributed by atoms with Gasteiger partial charge in [0, 0.05) is 99.0 Å². The number of sulfonamides is 2. The Morgan fingerprint density at radius 1 is 0.542 bits per heavy atom. The Morgan fingerprint density at radius 3 is 1.27 bits per heavy atom. The van der Waals surface area contributed by atoms with Crippen molar-refractivity contribution in [1.82, 2.24) is 34.5 Å². The molecular weight excluding hydrogens is 1390 g/mol. The van der Waals surface area contributed by atoms with Gasteiger partial charge in [-0.15, -0.1) is 12.4 Å². The van der Waals surface area contributed by atoms with E-state index in [2.05, 4.69) is 25.9 Å². The van der Waals surface area contributed by atoms with E-state index in [1.165, 1.54) is 8.61 Å². The van der Waals surface area contributed by atoms with Gasteiger partial charge >= 0.3 is 5.97 Å². The van der Waals surface area contributed by atoms with Gasteiger partial charge in [-0.25, -0.2) is 16.8 Å². The van der Waals surface area contributed by atoms with Gasteiger partial charge in [-0.05, 0) is 171 Å².